The molecular formula is C9H16O3Si. The molecule has 0 aromatic heterocycles. The van der Waals surface area contributed by atoms with Gasteiger partial charge < -0.3 is 13.3 Å². The number of allylic oxidation sites excluding steroid dienone is 2. The van der Waals surface area contributed by atoms with Crippen LogP contribution in [-0.4, -0.2) is 15.9 Å². The quantitative estimate of drug-likeness (QED) is 0.487. The molecule has 74 valence electrons. The third-order valence-electron chi connectivity index (χ3n) is 1.17. The second-order valence-electron chi connectivity index (χ2n) is 2.62. The molecule has 4 heteroatoms. The molecule has 0 saturated carbocycles. The molecule has 0 heterocycles. The maximum atomic E-state index is 5.37. The molecule has 3 nitrogen and oxygen atoms in total. The van der Waals surface area contributed by atoms with Crippen molar-refractivity contribution in [2.24, 2.45) is 0 Å². The predicted octanol–water partition coefficient (Wildman–Crippen LogP) is 2.40. The molecule has 0 aromatic rings. The van der Waals surface area contributed by atoms with E-state index in [1.165, 1.54) is 12.8 Å². The number of rotatable bonds is 6. The lowest BCUT2D eigenvalue weighted by Crippen LogP contribution is -2.41. The van der Waals surface area contributed by atoms with Gasteiger partial charge in [0.2, 0.25) is 0 Å². The van der Waals surface area contributed by atoms with Crippen LogP contribution in [0.4, 0.5) is 0 Å². The summed E-state index contributed by atoms with van der Waals surface area (Å²) < 4.78 is 15.9. The number of hydrogen-bond acceptors (Lipinski definition) is 3. The van der Waals surface area contributed by atoms with Gasteiger partial charge in [0.25, 0.3) is 0 Å². The molecule has 0 aliphatic rings. The van der Waals surface area contributed by atoms with Gasteiger partial charge in [-0.1, -0.05) is 19.7 Å². The van der Waals surface area contributed by atoms with Crippen LogP contribution in [0.5, 0.6) is 0 Å². The smallest absolute Gasteiger partial charge is 0.494 e. The molecule has 13 heavy (non-hydrogen) atoms. The van der Waals surface area contributed by atoms with Crippen LogP contribution in [0.1, 0.15) is 13.8 Å². The fourth-order valence-electron chi connectivity index (χ4n) is 0.757. The first kappa shape index (κ1) is 12.0. The first-order chi connectivity index (χ1) is 5.95. The molecule has 0 spiro atoms. The van der Waals surface area contributed by atoms with Crippen molar-refractivity contribution in [2.45, 2.75) is 13.8 Å². The lowest BCUT2D eigenvalue weighted by atomic mass is 10.7. The maximum Gasteiger partial charge on any atom is 0.660 e. The average molecular weight is 200 g/mol. The molecule has 0 amide bonds. The van der Waals surface area contributed by atoms with Gasteiger partial charge in [-0.25, -0.2) is 0 Å². The molecular weight excluding hydrogens is 184 g/mol. The van der Waals surface area contributed by atoms with E-state index < -0.39 is 8.80 Å². The van der Waals surface area contributed by atoms with Crippen molar-refractivity contribution in [3.63, 3.8) is 0 Å². The zero-order valence-electron chi connectivity index (χ0n) is 8.42. The highest BCUT2D eigenvalue weighted by Gasteiger charge is 2.41. The average Bonchev–Trinajstić information content (AvgIpc) is 2.01. The van der Waals surface area contributed by atoms with Crippen molar-refractivity contribution < 1.29 is 13.3 Å². The van der Waals surface area contributed by atoms with Crippen molar-refractivity contribution in [3.8, 4) is 0 Å². The summed E-state index contributed by atoms with van der Waals surface area (Å²) in [6.45, 7) is 14.3. The highest BCUT2D eigenvalue weighted by molar-refractivity contribution is 6.66. The van der Waals surface area contributed by atoms with Gasteiger partial charge in [-0.05, 0) is 13.8 Å². The van der Waals surface area contributed by atoms with Gasteiger partial charge in [-0.3, -0.25) is 0 Å². The monoisotopic (exact) mass is 200 g/mol. The first-order valence-corrected chi connectivity index (χ1v) is 5.63. The summed E-state index contributed by atoms with van der Waals surface area (Å²) in [5, 5.41) is 0. The minimum atomic E-state index is -2.80. The van der Waals surface area contributed by atoms with Gasteiger partial charge in [0.15, 0.2) is 0 Å². The Labute approximate surface area is 80.7 Å². The van der Waals surface area contributed by atoms with Crippen LogP contribution in [0, 0.1) is 0 Å². The summed E-state index contributed by atoms with van der Waals surface area (Å²) in [7, 11) is -1.29. The fraction of sp³-hybridized carbons (Fsp3) is 0.333. The van der Waals surface area contributed by atoms with E-state index in [4.69, 9.17) is 13.3 Å². The predicted molar refractivity (Wildman–Crippen MR) is 54.8 cm³/mol. The van der Waals surface area contributed by atoms with Crippen molar-refractivity contribution in [1.29, 1.82) is 0 Å². The Balaban J connectivity index is 4.58. The summed E-state index contributed by atoms with van der Waals surface area (Å²) in [6.07, 6.45) is 0. The van der Waals surface area contributed by atoms with Crippen LogP contribution >= 0.6 is 0 Å². The molecule has 0 atom stereocenters. The van der Waals surface area contributed by atoms with E-state index in [0.29, 0.717) is 11.5 Å². The molecule has 0 saturated heterocycles. The van der Waals surface area contributed by atoms with E-state index in [2.05, 4.69) is 19.7 Å². The zero-order valence-corrected chi connectivity index (χ0v) is 9.42. The second kappa shape index (κ2) is 4.89. The summed E-state index contributed by atoms with van der Waals surface area (Å²) in [4.78, 5) is 0. The third-order valence-corrected chi connectivity index (χ3v) is 3.50. The van der Waals surface area contributed by atoms with E-state index in [1.54, 1.807) is 13.8 Å². The Morgan fingerprint density at radius 1 is 1.15 bits per heavy atom. The van der Waals surface area contributed by atoms with E-state index in [9.17, 15) is 0 Å². The van der Waals surface area contributed by atoms with Gasteiger partial charge >= 0.3 is 8.80 Å². The van der Waals surface area contributed by atoms with Crippen LogP contribution < -0.4 is 0 Å². The zero-order chi connectivity index (χ0) is 10.5. The highest BCUT2D eigenvalue weighted by Crippen LogP contribution is 2.16. The van der Waals surface area contributed by atoms with Crippen LogP contribution in [0.15, 0.2) is 37.0 Å². The SMILES string of the molecule is C=C[Si](OC)(OC(=C)C)OC(=C)C. The van der Waals surface area contributed by atoms with Crippen LogP contribution in [0.25, 0.3) is 0 Å². The molecule has 0 aliphatic heterocycles. The Bertz CT molecular complexity index is 207. The van der Waals surface area contributed by atoms with Crippen molar-refractivity contribution in [3.05, 3.63) is 37.0 Å². The Hall–Kier alpha value is -1.00. The topological polar surface area (TPSA) is 27.7 Å². The molecule has 0 bridgehead atoms. The highest BCUT2D eigenvalue weighted by atomic mass is 28.4. The van der Waals surface area contributed by atoms with E-state index in [1.807, 2.05) is 0 Å². The van der Waals surface area contributed by atoms with Gasteiger partial charge in [0.1, 0.15) is 0 Å². The number of hydrogen-bond donors (Lipinski definition) is 0. The van der Waals surface area contributed by atoms with E-state index in [-0.39, 0.29) is 0 Å². The molecule has 0 N–H and O–H groups in total. The summed E-state index contributed by atoms with van der Waals surface area (Å²) >= 11 is 0. The minimum Gasteiger partial charge on any atom is -0.494 e. The maximum absolute atomic E-state index is 5.37. The minimum absolute atomic E-state index is 0.537. The third kappa shape index (κ3) is 3.96. The Morgan fingerprint density at radius 3 is 1.69 bits per heavy atom. The van der Waals surface area contributed by atoms with Crippen LogP contribution in [0.3, 0.4) is 0 Å². The largest absolute Gasteiger partial charge is 0.660 e. The summed E-state index contributed by atoms with van der Waals surface area (Å²) in [5.41, 5.74) is 1.54. The standard InChI is InChI=1S/C9H16O3Si/c1-7-13(10-6,11-8(2)3)12-9(4)5/h7H,1-2,4H2,3,5-6H3. The first-order valence-electron chi connectivity index (χ1n) is 3.83. The van der Waals surface area contributed by atoms with Gasteiger partial charge in [0.05, 0.1) is 11.5 Å². The Kier molecular flexibility index (Phi) is 4.51. The van der Waals surface area contributed by atoms with Crippen molar-refractivity contribution in [2.75, 3.05) is 7.11 Å². The molecule has 0 rings (SSSR count). The molecule has 0 radical (unpaired) electrons. The Morgan fingerprint density at radius 2 is 1.54 bits per heavy atom. The lowest BCUT2D eigenvalue weighted by Gasteiger charge is -2.25. The molecule has 0 aromatic carbocycles. The summed E-state index contributed by atoms with van der Waals surface area (Å²) in [5.74, 6) is 1.07. The molecule has 0 aliphatic carbocycles. The van der Waals surface area contributed by atoms with Gasteiger partial charge in [0, 0.05) is 12.8 Å². The molecule has 0 fully saturated rings. The normalized spacial score (nSPS) is 10.4. The van der Waals surface area contributed by atoms with Gasteiger partial charge in [-0.2, -0.15) is 0 Å². The van der Waals surface area contributed by atoms with Crippen molar-refractivity contribution in [1.82, 2.24) is 0 Å². The van der Waals surface area contributed by atoms with Crippen LogP contribution in [-0.2, 0) is 13.3 Å². The lowest BCUT2D eigenvalue weighted by molar-refractivity contribution is 0.152. The summed E-state index contributed by atoms with van der Waals surface area (Å²) in [6, 6.07) is 0. The fourth-order valence-corrected chi connectivity index (χ4v) is 2.27. The van der Waals surface area contributed by atoms with Gasteiger partial charge in [-0.15, -0.1) is 0 Å². The van der Waals surface area contributed by atoms with E-state index in [0.717, 1.165) is 0 Å². The van der Waals surface area contributed by atoms with Crippen molar-refractivity contribution >= 4 is 8.80 Å². The second-order valence-corrected chi connectivity index (χ2v) is 5.05. The van der Waals surface area contributed by atoms with Crippen LogP contribution in [0.2, 0.25) is 0 Å². The molecule has 0 unspecified atom stereocenters. The van der Waals surface area contributed by atoms with E-state index >= 15 is 0 Å².